The Kier molecular flexibility index (Phi) is 5.84. The zero-order chi connectivity index (χ0) is 21.9. The number of likely N-dealkylation sites (tertiary alicyclic amines) is 1. The maximum atomic E-state index is 13.0. The van der Waals surface area contributed by atoms with Crippen molar-refractivity contribution < 1.29 is 4.79 Å². The summed E-state index contributed by atoms with van der Waals surface area (Å²) in [7, 11) is 0. The molecule has 6 heteroatoms. The molecule has 1 fully saturated rings. The predicted molar refractivity (Wildman–Crippen MR) is 125 cm³/mol. The van der Waals surface area contributed by atoms with Gasteiger partial charge in [-0.3, -0.25) is 9.78 Å². The fourth-order valence-electron chi connectivity index (χ4n) is 4.87. The molecule has 0 bridgehead atoms. The van der Waals surface area contributed by atoms with Crippen molar-refractivity contribution in [3.05, 3.63) is 83.1 Å². The summed E-state index contributed by atoms with van der Waals surface area (Å²) in [5.41, 5.74) is 4.12. The zero-order valence-corrected chi connectivity index (χ0v) is 18.6. The van der Waals surface area contributed by atoms with Gasteiger partial charge in [0.1, 0.15) is 11.6 Å². The number of hydrogen-bond donors (Lipinski definition) is 0. The van der Waals surface area contributed by atoms with Crippen LogP contribution in [-0.2, 0) is 13.0 Å². The lowest BCUT2D eigenvalue weighted by Crippen LogP contribution is -2.40. The molecule has 0 unspecified atom stereocenters. The SMILES string of the molecule is Cc1nc([C@H]2CCCN(C(=O)c3ccccc3)C2)nc2c1CCCN2Cc1ccccn1. The number of amides is 1. The summed E-state index contributed by atoms with van der Waals surface area (Å²) < 4.78 is 0. The number of carbonyl (C=O) groups is 1. The highest BCUT2D eigenvalue weighted by Crippen LogP contribution is 2.32. The van der Waals surface area contributed by atoms with Gasteiger partial charge in [0.15, 0.2) is 0 Å². The fourth-order valence-corrected chi connectivity index (χ4v) is 4.87. The van der Waals surface area contributed by atoms with Gasteiger partial charge < -0.3 is 9.80 Å². The first kappa shape index (κ1) is 20.6. The summed E-state index contributed by atoms with van der Waals surface area (Å²) in [6, 6.07) is 15.6. The van der Waals surface area contributed by atoms with Crippen LogP contribution in [0.3, 0.4) is 0 Å². The Hall–Kier alpha value is -3.28. The number of hydrogen-bond acceptors (Lipinski definition) is 5. The number of aromatic nitrogens is 3. The van der Waals surface area contributed by atoms with Crippen LogP contribution in [0.1, 0.15) is 58.3 Å². The lowest BCUT2D eigenvalue weighted by atomic mass is 9.95. The number of carbonyl (C=O) groups excluding carboxylic acids is 1. The van der Waals surface area contributed by atoms with E-state index in [2.05, 4.69) is 22.9 Å². The lowest BCUT2D eigenvalue weighted by Gasteiger charge is -2.34. The van der Waals surface area contributed by atoms with Crippen LogP contribution < -0.4 is 4.90 Å². The standard InChI is InChI=1S/C26H29N5O/c1-19-23-13-8-15-30(18-22-12-5-6-14-27-22)25(23)29-24(28-19)21-11-7-16-31(17-21)26(32)20-9-3-2-4-10-20/h2-6,9-10,12,14,21H,7-8,11,13,15-18H2,1H3/t21-/m0/s1. The van der Waals surface area contributed by atoms with Gasteiger partial charge in [-0.15, -0.1) is 0 Å². The zero-order valence-electron chi connectivity index (χ0n) is 18.6. The van der Waals surface area contributed by atoms with E-state index < -0.39 is 0 Å². The van der Waals surface area contributed by atoms with Crippen molar-refractivity contribution in [1.29, 1.82) is 0 Å². The van der Waals surface area contributed by atoms with Gasteiger partial charge in [-0.1, -0.05) is 24.3 Å². The molecule has 0 aliphatic carbocycles. The molecule has 0 saturated carbocycles. The van der Waals surface area contributed by atoms with Crippen molar-refractivity contribution in [3.63, 3.8) is 0 Å². The molecule has 6 nitrogen and oxygen atoms in total. The van der Waals surface area contributed by atoms with Gasteiger partial charge in [0.25, 0.3) is 5.91 Å². The Balaban J connectivity index is 1.40. The Bertz CT molecular complexity index is 1090. The lowest BCUT2D eigenvalue weighted by molar-refractivity contribution is 0.0704. The molecule has 1 aromatic carbocycles. The van der Waals surface area contributed by atoms with E-state index >= 15 is 0 Å². The molecule has 0 N–H and O–H groups in total. The minimum atomic E-state index is 0.0989. The number of nitrogens with zero attached hydrogens (tertiary/aromatic N) is 5. The maximum absolute atomic E-state index is 13.0. The summed E-state index contributed by atoms with van der Waals surface area (Å²) >= 11 is 0. The third-order valence-corrected chi connectivity index (χ3v) is 6.54. The molecular formula is C26H29N5O. The van der Waals surface area contributed by atoms with Crippen LogP contribution in [0.15, 0.2) is 54.7 Å². The second kappa shape index (κ2) is 9.07. The molecule has 4 heterocycles. The number of anilines is 1. The fraction of sp³-hybridized carbons (Fsp3) is 0.385. The van der Waals surface area contributed by atoms with Crippen LogP contribution >= 0.6 is 0 Å². The van der Waals surface area contributed by atoms with Crippen molar-refractivity contribution >= 4 is 11.7 Å². The molecular weight excluding hydrogens is 398 g/mol. The quantitative estimate of drug-likeness (QED) is 0.626. The van der Waals surface area contributed by atoms with E-state index in [1.807, 2.05) is 53.6 Å². The van der Waals surface area contributed by atoms with Gasteiger partial charge in [-0.05, 0) is 56.9 Å². The monoisotopic (exact) mass is 427 g/mol. The third kappa shape index (κ3) is 4.22. The second-order valence-electron chi connectivity index (χ2n) is 8.77. The van der Waals surface area contributed by atoms with E-state index in [4.69, 9.17) is 9.97 Å². The summed E-state index contributed by atoms with van der Waals surface area (Å²) in [6.07, 6.45) is 5.95. The number of rotatable bonds is 4. The van der Waals surface area contributed by atoms with Gasteiger partial charge in [0.05, 0.1) is 12.2 Å². The molecule has 5 rings (SSSR count). The summed E-state index contributed by atoms with van der Waals surface area (Å²) in [6.45, 7) is 5.30. The number of aryl methyl sites for hydroxylation is 1. The van der Waals surface area contributed by atoms with Crippen LogP contribution in [0.25, 0.3) is 0 Å². The largest absolute Gasteiger partial charge is 0.350 e. The first-order valence-corrected chi connectivity index (χ1v) is 11.6. The first-order chi connectivity index (χ1) is 15.7. The van der Waals surface area contributed by atoms with Gasteiger partial charge in [-0.2, -0.15) is 0 Å². The molecule has 3 aromatic rings. The highest BCUT2D eigenvalue weighted by molar-refractivity contribution is 5.94. The number of pyridine rings is 1. The molecule has 32 heavy (non-hydrogen) atoms. The Morgan fingerprint density at radius 1 is 1.03 bits per heavy atom. The summed E-state index contributed by atoms with van der Waals surface area (Å²) in [5.74, 6) is 2.19. The molecule has 164 valence electrons. The minimum absolute atomic E-state index is 0.0989. The van der Waals surface area contributed by atoms with E-state index in [1.165, 1.54) is 5.56 Å². The van der Waals surface area contributed by atoms with Crippen molar-refractivity contribution in [2.45, 2.75) is 45.1 Å². The van der Waals surface area contributed by atoms with Crippen molar-refractivity contribution in [1.82, 2.24) is 19.9 Å². The first-order valence-electron chi connectivity index (χ1n) is 11.6. The number of benzene rings is 1. The Morgan fingerprint density at radius 2 is 1.88 bits per heavy atom. The van der Waals surface area contributed by atoms with Gasteiger partial charge in [0.2, 0.25) is 0 Å². The van der Waals surface area contributed by atoms with Gasteiger partial charge in [0, 0.05) is 48.6 Å². The van der Waals surface area contributed by atoms with Gasteiger partial charge >= 0.3 is 0 Å². The smallest absolute Gasteiger partial charge is 0.253 e. The molecule has 0 radical (unpaired) electrons. The summed E-state index contributed by atoms with van der Waals surface area (Å²) in [4.78, 5) is 31.8. The Labute approximate surface area is 189 Å². The molecule has 2 aliphatic rings. The Morgan fingerprint density at radius 3 is 2.69 bits per heavy atom. The van der Waals surface area contributed by atoms with E-state index in [1.54, 1.807) is 0 Å². The normalized spacial score (nSPS) is 18.3. The van der Waals surface area contributed by atoms with E-state index in [0.717, 1.165) is 73.9 Å². The van der Waals surface area contributed by atoms with Gasteiger partial charge in [-0.25, -0.2) is 9.97 Å². The highest BCUT2D eigenvalue weighted by atomic mass is 16.2. The third-order valence-electron chi connectivity index (χ3n) is 6.54. The molecule has 2 aliphatic heterocycles. The molecule has 1 atom stereocenters. The van der Waals surface area contributed by atoms with Crippen LogP contribution in [0, 0.1) is 6.92 Å². The van der Waals surface area contributed by atoms with E-state index in [9.17, 15) is 4.79 Å². The van der Waals surface area contributed by atoms with Crippen molar-refractivity contribution in [2.75, 3.05) is 24.5 Å². The topological polar surface area (TPSA) is 62.2 Å². The van der Waals surface area contributed by atoms with Crippen molar-refractivity contribution in [3.8, 4) is 0 Å². The van der Waals surface area contributed by atoms with Crippen molar-refractivity contribution in [2.24, 2.45) is 0 Å². The number of fused-ring (bicyclic) bond motifs is 1. The summed E-state index contributed by atoms with van der Waals surface area (Å²) in [5, 5.41) is 0. The average Bonchev–Trinajstić information content (AvgIpc) is 2.85. The molecule has 1 amide bonds. The minimum Gasteiger partial charge on any atom is -0.350 e. The molecule has 1 saturated heterocycles. The van der Waals surface area contributed by atoms with Crippen LogP contribution in [-0.4, -0.2) is 45.4 Å². The highest BCUT2D eigenvalue weighted by Gasteiger charge is 2.30. The molecule has 2 aromatic heterocycles. The second-order valence-corrected chi connectivity index (χ2v) is 8.77. The molecule has 0 spiro atoms. The van der Waals surface area contributed by atoms with Crippen LogP contribution in [0.2, 0.25) is 0 Å². The number of piperidine rings is 1. The average molecular weight is 428 g/mol. The van der Waals surface area contributed by atoms with Crippen LogP contribution in [0.5, 0.6) is 0 Å². The van der Waals surface area contributed by atoms with Crippen LogP contribution in [0.4, 0.5) is 5.82 Å². The maximum Gasteiger partial charge on any atom is 0.253 e. The van der Waals surface area contributed by atoms with E-state index in [-0.39, 0.29) is 11.8 Å². The van der Waals surface area contributed by atoms with E-state index in [0.29, 0.717) is 6.54 Å². The predicted octanol–water partition coefficient (Wildman–Crippen LogP) is 4.15.